The molecule has 0 saturated heterocycles. The van der Waals surface area contributed by atoms with E-state index in [-0.39, 0.29) is 0 Å². The summed E-state index contributed by atoms with van der Waals surface area (Å²) in [5.41, 5.74) is 5.84. The van der Waals surface area contributed by atoms with Crippen molar-refractivity contribution >= 4 is 24.0 Å². The summed E-state index contributed by atoms with van der Waals surface area (Å²) in [6.07, 6.45) is 7.05. The number of pyridine rings is 1. The second-order valence-electron chi connectivity index (χ2n) is 6.25. The van der Waals surface area contributed by atoms with Gasteiger partial charge in [0.15, 0.2) is 5.65 Å². The molecular formula is C19H15N9. The summed E-state index contributed by atoms with van der Waals surface area (Å²) < 4.78 is 5.24. The third-order valence-electron chi connectivity index (χ3n) is 4.46. The van der Waals surface area contributed by atoms with Crippen molar-refractivity contribution in [1.29, 1.82) is 0 Å². The van der Waals surface area contributed by atoms with Crippen LogP contribution in [-0.4, -0.2) is 45.9 Å². The summed E-state index contributed by atoms with van der Waals surface area (Å²) in [5.74, 6) is 0. The van der Waals surface area contributed by atoms with Crippen LogP contribution in [0.25, 0.3) is 39.9 Å². The summed E-state index contributed by atoms with van der Waals surface area (Å²) >= 11 is 0. The molecule has 0 amide bonds. The van der Waals surface area contributed by atoms with E-state index in [0.717, 1.165) is 39.5 Å². The molecule has 5 heterocycles. The molecule has 0 aromatic carbocycles. The molecule has 0 aliphatic heterocycles. The first-order valence-electron chi connectivity index (χ1n) is 8.55. The van der Waals surface area contributed by atoms with Crippen LogP contribution in [0.1, 0.15) is 5.69 Å². The highest BCUT2D eigenvalue weighted by Crippen LogP contribution is 2.22. The zero-order chi connectivity index (χ0) is 19.1. The third-order valence-corrected chi connectivity index (χ3v) is 4.46. The van der Waals surface area contributed by atoms with Crippen molar-refractivity contribution in [2.24, 2.45) is 12.0 Å². The normalized spacial score (nSPS) is 11.8. The lowest BCUT2D eigenvalue weighted by Crippen LogP contribution is -1.97. The molecule has 0 atom stereocenters. The molecule has 0 unspecified atom stereocenters. The fraction of sp³-hybridized carbons (Fsp3) is 0.0526. The smallest absolute Gasteiger partial charge is 0.161 e. The predicted molar refractivity (Wildman–Crippen MR) is 106 cm³/mol. The van der Waals surface area contributed by atoms with E-state index < -0.39 is 0 Å². The van der Waals surface area contributed by atoms with Crippen molar-refractivity contribution in [3.8, 4) is 22.6 Å². The highest BCUT2D eigenvalue weighted by Gasteiger charge is 2.11. The molecule has 0 bridgehead atoms. The topological polar surface area (TPSA) is 90.6 Å². The second kappa shape index (κ2) is 6.23. The first kappa shape index (κ1) is 16.1. The fourth-order valence-electron chi connectivity index (χ4n) is 3.03. The van der Waals surface area contributed by atoms with E-state index in [4.69, 9.17) is 0 Å². The minimum absolute atomic E-state index is 0.733. The number of aliphatic imine (C=N–C) groups is 1. The number of nitrogens with zero attached hydrogens (tertiary/aromatic N) is 9. The lowest BCUT2D eigenvalue weighted by Gasteiger charge is -1.97. The maximum atomic E-state index is 4.62. The minimum Gasteiger partial charge on any atom is -0.289 e. The average molecular weight is 369 g/mol. The van der Waals surface area contributed by atoms with Gasteiger partial charge in [-0.3, -0.25) is 14.1 Å². The summed E-state index contributed by atoms with van der Waals surface area (Å²) in [6, 6.07) is 11.8. The monoisotopic (exact) mass is 369 g/mol. The summed E-state index contributed by atoms with van der Waals surface area (Å²) in [7, 11) is 1.87. The Morgan fingerprint density at radius 2 is 1.89 bits per heavy atom. The molecule has 9 nitrogen and oxygen atoms in total. The zero-order valence-corrected chi connectivity index (χ0v) is 15.0. The van der Waals surface area contributed by atoms with Crippen LogP contribution in [0.4, 0.5) is 0 Å². The highest BCUT2D eigenvalue weighted by atomic mass is 15.4. The molecule has 0 spiro atoms. The zero-order valence-electron chi connectivity index (χ0n) is 15.0. The molecule has 5 aromatic heterocycles. The molecule has 5 aromatic rings. The Bertz CT molecular complexity index is 1350. The van der Waals surface area contributed by atoms with Crippen LogP contribution < -0.4 is 0 Å². The van der Waals surface area contributed by atoms with Gasteiger partial charge < -0.3 is 0 Å². The molecular weight excluding hydrogens is 354 g/mol. The van der Waals surface area contributed by atoms with Crippen LogP contribution in [-0.2, 0) is 7.05 Å². The molecule has 0 saturated carbocycles. The van der Waals surface area contributed by atoms with Crippen LogP contribution in [0.3, 0.4) is 0 Å². The van der Waals surface area contributed by atoms with Gasteiger partial charge in [-0.25, -0.2) is 0 Å². The second-order valence-corrected chi connectivity index (χ2v) is 6.25. The number of fused-ring (bicyclic) bond motifs is 2. The van der Waals surface area contributed by atoms with Crippen molar-refractivity contribution in [3.05, 3.63) is 60.8 Å². The van der Waals surface area contributed by atoms with Crippen molar-refractivity contribution in [2.75, 3.05) is 0 Å². The van der Waals surface area contributed by atoms with E-state index in [0.29, 0.717) is 0 Å². The number of aromatic nitrogens is 8. The Morgan fingerprint density at radius 3 is 2.79 bits per heavy atom. The predicted octanol–water partition coefficient (Wildman–Crippen LogP) is 2.51. The molecule has 5 rings (SSSR count). The van der Waals surface area contributed by atoms with Gasteiger partial charge in [0.05, 0.1) is 16.9 Å². The van der Waals surface area contributed by atoms with E-state index in [1.165, 1.54) is 0 Å². The van der Waals surface area contributed by atoms with Crippen molar-refractivity contribution in [3.63, 3.8) is 0 Å². The molecule has 28 heavy (non-hydrogen) atoms. The highest BCUT2D eigenvalue weighted by molar-refractivity contribution is 5.69. The Hall–Kier alpha value is -4.14. The van der Waals surface area contributed by atoms with Crippen LogP contribution in [0.2, 0.25) is 0 Å². The fourth-order valence-corrected chi connectivity index (χ4v) is 3.03. The van der Waals surface area contributed by atoms with Gasteiger partial charge in [-0.1, -0.05) is 0 Å². The molecule has 0 N–H and O–H groups in total. The van der Waals surface area contributed by atoms with E-state index >= 15 is 0 Å². The molecule has 136 valence electrons. The molecule has 0 aliphatic rings. The largest absolute Gasteiger partial charge is 0.289 e. The van der Waals surface area contributed by atoms with E-state index in [1.54, 1.807) is 21.8 Å². The first-order chi connectivity index (χ1) is 13.7. The number of aryl methyl sites for hydroxylation is 1. The Labute approximate surface area is 159 Å². The maximum Gasteiger partial charge on any atom is 0.161 e. The van der Waals surface area contributed by atoms with Gasteiger partial charge in [-0.15, -0.1) is 20.4 Å². The van der Waals surface area contributed by atoms with Gasteiger partial charge in [-0.2, -0.15) is 9.73 Å². The lowest BCUT2D eigenvalue weighted by molar-refractivity contribution is 0.756. The van der Waals surface area contributed by atoms with E-state index in [1.807, 2.05) is 60.1 Å². The summed E-state index contributed by atoms with van der Waals surface area (Å²) in [6.45, 7) is 3.45. The van der Waals surface area contributed by atoms with Crippen LogP contribution >= 0.6 is 0 Å². The minimum atomic E-state index is 0.733. The molecule has 9 heteroatoms. The van der Waals surface area contributed by atoms with Gasteiger partial charge in [-0.05, 0) is 49.2 Å². The van der Waals surface area contributed by atoms with E-state index in [9.17, 15) is 0 Å². The van der Waals surface area contributed by atoms with Crippen LogP contribution in [0.15, 0.2) is 60.1 Å². The van der Waals surface area contributed by atoms with Crippen molar-refractivity contribution in [1.82, 2.24) is 39.2 Å². The Balaban J connectivity index is 1.55. The van der Waals surface area contributed by atoms with Crippen LogP contribution in [0.5, 0.6) is 0 Å². The third kappa shape index (κ3) is 2.65. The summed E-state index contributed by atoms with van der Waals surface area (Å²) in [4.78, 5) is 3.73. The molecule has 0 aliphatic carbocycles. The Kier molecular flexibility index (Phi) is 3.58. The lowest BCUT2D eigenvalue weighted by atomic mass is 10.2. The number of hydrogen-bond acceptors (Lipinski definition) is 6. The van der Waals surface area contributed by atoms with Crippen LogP contribution in [0, 0.1) is 0 Å². The summed E-state index contributed by atoms with van der Waals surface area (Å²) in [5, 5.41) is 21.7. The average Bonchev–Trinajstić information content (AvgIpc) is 3.42. The van der Waals surface area contributed by atoms with Crippen molar-refractivity contribution in [2.45, 2.75) is 0 Å². The van der Waals surface area contributed by atoms with Gasteiger partial charge in [0.25, 0.3) is 0 Å². The number of hydrogen-bond donors (Lipinski definition) is 0. The van der Waals surface area contributed by atoms with Gasteiger partial charge in [0.2, 0.25) is 0 Å². The SMILES string of the molecule is C=N/C=C\c1cc(-c2ccc3cc(-c4ccn5cnnc5c4)nn3n2)nn1C. The van der Waals surface area contributed by atoms with Crippen molar-refractivity contribution < 1.29 is 0 Å². The van der Waals surface area contributed by atoms with Gasteiger partial charge in [0, 0.05) is 25.0 Å². The first-order valence-corrected chi connectivity index (χ1v) is 8.55. The molecule has 0 radical (unpaired) electrons. The van der Waals surface area contributed by atoms with Gasteiger partial charge >= 0.3 is 0 Å². The number of rotatable bonds is 4. The Morgan fingerprint density at radius 1 is 1.00 bits per heavy atom. The molecule has 0 fully saturated rings. The quantitative estimate of drug-likeness (QED) is 0.454. The van der Waals surface area contributed by atoms with E-state index in [2.05, 4.69) is 37.2 Å². The maximum absolute atomic E-state index is 4.62. The van der Waals surface area contributed by atoms with Gasteiger partial charge in [0.1, 0.15) is 17.7 Å². The standard InChI is InChI=1S/C19H15N9/c1-20-7-5-14-10-18(23-26(14)2)16-4-3-15-11-17(25-28(15)24-16)13-6-8-27-12-21-22-19(27)9-13/h3-12H,1H2,2H3/b7-5-.